The van der Waals surface area contributed by atoms with Crippen LogP contribution in [0.4, 0.5) is 11.4 Å². The fourth-order valence-electron chi connectivity index (χ4n) is 3.90. The molecule has 35 heavy (non-hydrogen) atoms. The second-order valence-electron chi connectivity index (χ2n) is 8.08. The molecule has 1 unspecified atom stereocenters. The maximum Gasteiger partial charge on any atom is 0.268 e. The lowest BCUT2D eigenvalue weighted by Crippen LogP contribution is -2.48. The van der Waals surface area contributed by atoms with Crippen LogP contribution in [0.15, 0.2) is 78.2 Å². The fraction of sp³-hybridized carbons (Fsp3) is 0.148. The summed E-state index contributed by atoms with van der Waals surface area (Å²) in [5.41, 5.74) is 3.85. The number of rotatable bonds is 6. The summed E-state index contributed by atoms with van der Waals surface area (Å²) in [5, 5.41) is 6.31. The van der Waals surface area contributed by atoms with Crippen molar-refractivity contribution < 1.29 is 14.3 Å². The van der Waals surface area contributed by atoms with E-state index in [9.17, 15) is 9.59 Å². The third kappa shape index (κ3) is 4.92. The highest BCUT2D eigenvalue weighted by Gasteiger charge is 2.34. The van der Waals surface area contributed by atoms with Gasteiger partial charge in [0.15, 0.2) is 6.10 Å². The van der Waals surface area contributed by atoms with Gasteiger partial charge in [0.2, 0.25) is 5.91 Å². The third-order valence-corrected chi connectivity index (χ3v) is 6.82. The first-order valence-electron chi connectivity index (χ1n) is 11.2. The maximum absolute atomic E-state index is 13.2. The van der Waals surface area contributed by atoms with E-state index in [1.165, 1.54) is 4.90 Å². The molecule has 8 heteroatoms. The molecule has 0 spiro atoms. The number of benzene rings is 3. The van der Waals surface area contributed by atoms with Gasteiger partial charge in [0.1, 0.15) is 17.3 Å². The van der Waals surface area contributed by atoms with Crippen LogP contribution in [-0.4, -0.2) is 29.4 Å². The molecule has 0 radical (unpaired) electrons. The molecule has 1 aromatic heterocycles. The molecule has 2 amide bonds. The van der Waals surface area contributed by atoms with Crippen molar-refractivity contribution in [2.24, 2.45) is 0 Å². The molecule has 1 atom stereocenters. The summed E-state index contributed by atoms with van der Waals surface area (Å²) in [5.74, 6) is 0.0125. The Kier molecular flexibility index (Phi) is 6.53. The van der Waals surface area contributed by atoms with Crippen LogP contribution in [0.1, 0.15) is 13.3 Å². The van der Waals surface area contributed by atoms with Crippen LogP contribution in [0.3, 0.4) is 0 Å². The Bertz CT molecular complexity index is 1370. The molecule has 5 rings (SSSR count). The quantitative estimate of drug-likeness (QED) is 0.336. The highest BCUT2D eigenvalue weighted by molar-refractivity contribution is 7.13. The van der Waals surface area contributed by atoms with Crippen molar-refractivity contribution in [2.45, 2.75) is 19.4 Å². The first-order valence-corrected chi connectivity index (χ1v) is 12.5. The Hall–Kier alpha value is -3.68. The van der Waals surface area contributed by atoms with Crippen molar-refractivity contribution in [1.82, 2.24) is 4.98 Å². The Balaban J connectivity index is 1.43. The summed E-state index contributed by atoms with van der Waals surface area (Å²) in [7, 11) is 0. The summed E-state index contributed by atoms with van der Waals surface area (Å²) in [6, 6.07) is 22.4. The van der Waals surface area contributed by atoms with Crippen LogP contribution >= 0.6 is 22.9 Å². The molecule has 0 saturated heterocycles. The van der Waals surface area contributed by atoms with Gasteiger partial charge in [-0.1, -0.05) is 48.9 Å². The molecule has 0 aliphatic carbocycles. The summed E-state index contributed by atoms with van der Waals surface area (Å²) in [4.78, 5) is 32.3. The number of thiazole rings is 1. The lowest BCUT2D eigenvalue weighted by atomic mass is 10.1. The second-order valence-corrected chi connectivity index (χ2v) is 9.38. The zero-order chi connectivity index (χ0) is 24.4. The minimum atomic E-state index is -0.638. The third-order valence-electron chi connectivity index (χ3n) is 5.68. The first-order chi connectivity index (χ1) is 17.0. The number of ether oxygens (including phenoxy) is 1. The largest absolute Gasteiger partial charge is 0.478 e. The van der Waals surface area contributed by atoms with Crippen LogP contribution in [0.5, 0.6) is 5.75 Å². The zero-order valence-corrected chi connectivity index (χ0v) is 20.5. The van der Waals surface area contributed by atoms with Gasteiger partial charge in [-0.05, 0) is 48.9 Å². The molecule has 0 bridgehead atoms. The van der Waals surface area contributed by atoms with E-state index >= 15 is 0 Å². The highest BCUT2D eigenvalue weighted by Crippen LogP contribution is 2.39. The van der Waals surface area contributed by atoms with Gasteiger partial charge in [-0.15, -0.1) is 11.3 Å². The molecule has 0 fully saturated rings. The molecule has 1 N–H and O–H groups in total. The lowest BCUT2D eigenvalue weighted by Gasteiger charge is -2.34. The van der Waals surface area contributed by atoms with Gasteiger partial charge >= 0.3 is 0 Å². The van der Waals surface area contributed by atoms with Crippen molar-refractivity contribution in [3.8, 4) is 27.6 Å². The van der Waals surface area contributed by atoms with Crippen molar-refractivity contribution >= 4 is 46.1 Å². The number of hydrogen-bond donors (Lipinski definition) is 1. The van der Waals surface area contributed by atoms with E-state index in [-0.39, 0.29) is 18.4 Å². The predicted octanol–water partition coefficient (Wildman–Crippen LogP) is 6.27. The predicted molar refractivity (Wildman–Crippen MR) is 140 cm³/mol. The number of carbonyl (C=O) groups is 2. The van der Waals surface area contributed by atoms with Gasteiger partial charge in [-0.2, -0.15) is 0 Å². The smallest absolute Gasteiger partial charge is 0.268 e. The average molecular weight is 504 g/mol. The second kappa shape index (κ2) is 9.90. The van der Waals surface area contributed by atoms with Crippen LogP contribution in [-0.2, 0) is 9.59 Å². The summed E-state index contributed by atoms with van der Waals surface area (Å²) >= 11 is 7.49. The maximum atomic E-state index is 13.2. The van der Waals surface area contributed by atoms with Crippen molar-refractivity contribution in [3.05, 3.63) is 83.2 Å². The number of fused-ring (bicyclic) bond motifs is 1. The molecule has 6 nitrogen and oxygen atoms in total. The van der Waals surface area contributed by atoms with Crippen LogP contribution in [0.25, 0.3) is 21.8 Å². The minimum Gasteiger partial charge on any atom is -0.478 e. The van der Waals surface area contributed by atoms with E-state index in [0.717, 1.165) is 21.8 Å². The normalized spacial score (nSPS) is 14.9. The highest BCUT2D eigenvalue weighted by atomic mass is 35.5. The fourth-order valence-corrected chi connectivity index (χ4v) is 4.86. The molecule has 0 saturated carbocycles. The first kappa shape index (κ1) is 23.1. The van der Waals surface area contributed by atoms with Crippen molar-refractivity contribution in [2.75, 3.05) is 16.8 Å². The monoisotopic (exact) mass is 503 g/mol. The van der Waals surface area contributed by atoms with Gasteiger partial charge in [0, 0.05) is 27.2 Å². The number of aromatic nitrogens is 1. The molecular weight excluding hydrogens is 482 g/mol. The van der Waals surface area contributed by atoms with E-state index in [2.05, 4.69) is 5.32 Å². The van der Waals surface area contributed by atoms with E-state index in [4.69, 9.17) is 21.3 Å². The van der Waals surface area contributed by atoms with E-state index in [1.807, 2.05) is 60.8 Å². The summed E-state index contributed by atoms with van der Waals surface area (Å²) < 4.78 is 5.95. The Morgan fingerprint density at radius 1 is 1.09 bits per heavy atom. The van der Waals surface area contributed by atoms with E-state index in [1.54, 1.807) is 35.6 Å². The molecule has 3 aromatic carbocycles. The lowest BCUT2D eigenvalue weighted by molar-refractivity contribution is -0.128. The van der Waals surface area contributed by atoms with Gasteiger partial charge in [-0.25, -0.2) is 4.98 Å². The Morgan fingerprint density at radius 2 is 1.86 bits per heavy atom. The topological polar surface area (TPSA) is 71.5 Å². The molecule has 1 aliphatic rings. The molecule has 4 aromatic rings. The SMILES string of the molecule is CCC1Oc2ccc(-c3csc(-c4ccccc4)n3)cc2N(CC(=O)Nc2ccc(Cl)cc2)C1=O. The van der Waals surface area contributed by atoms with Gasteiger partial charge in [-0.3, -0.25) is 14.5 Å². The number of halogens is 1. The minimum absolute atomic E-state index is 0.135. The Morgan fingerprint density at radius 3 is 2.60 bits per heavy atom. The number of anilines is 2. The average Bonchev–Trinajstić information content (AvgIpc) is 3.38. The van der Waals surface area contributed by atoms with Crippen LogP contribution in [0, 0.1) is 0 Å². The van der Waals surface area contributed by atoms with E-state index < -0.39 is 6.10 Å². The summed E-state index contributed by atoms with van der Waals surface area (Å²) in [6.07, 6.45) is -0.136. The standard InChI is InChI=1S/C27H22ClN3O3S/c1-2-23-27(33)31(15-25(32)29-20-11-9-19(28)10-12-20)22-14-18(8-13-24(22)34-23)21-16-35-26(30-21)17-6-4-3-5-7-17/h3-14,16,23H,2,15H2,1H3,(H,29,32). The Labute approximate surface area is 212 Å². The van der Waals surface area contributed by atoms with Gasteiger partial charge in [0.25, 0.3) is 5.91 Å². The number of carbonyl (C=O) groups excluding carboxylic acids is 2. The van der Waals surface area contributed by atoms with E-state index in [0.29, 0.717) is 28.6 Å². The van der Waals surface area contributed by atoms with Crippen molar-refractivity contribution in [3.63, 3.8) is 0 Å². The molecule has 176 valence electrons. The molecule has 1 aliphatic heterocycles. The zero-order valence-electron chi connectivity index (χ0n) is 18.9. The number of nitrogens with one attached hydrogen (secondary N) is 1. The van der Waals surface area contributed by atoms with Crippen molar-refractivity contribution in [1.29, 1.82) is 0 Å². The molecular formula is C27H22ClN3O3S. The number of amides is 2. The van der Waals surface area contributed by atoms with Crippen LogP contribution < -0.4 is 15.0 Å². The summed E-state index contributed by atoms with van der Waals surface area (Å²) in [6.45, 7) is 1.75. The number of nitrogens with zero attached hydrogens (tertiary/aromatic N) is 2. The van der Waals surface area contributed by atoms with Gasteiger partial charge < -0.3 is 10.1 Å². The van der Waals surface area contributed by atoms with Gasteiger partial charge in [0.05, 0.1) is 11.4 Å². The molecule has 2 heterocycles. The van der Waals surface area contributed by atoms with Crippen LogP contribution in [0.2, 0.25) is 5.02 Å². The number of hydrogen-bond acceptors (Lipinski definition) is 5.